The molecule has 0 radical (unpaired) electrons. The average Bonchev–Trinajstić information content (AvgIpc) is 3.40. The molecule has 5 rings (SSSR count). The van der Waals surface area contributed by atoms with Crippen molar-refractivity contribution in [1.29, 1.82) is 0 Å². The van der Waals surface area contributed by atoms with E-state index in [2.05, 4.69) is 15.6 Å². The first kappa shape index (κ1) is 27.0. The number of hydrogen-bond donors (Lipinski definition) is 3. The van der Waals surface area contributed by atoms with Gasteiger partial charge in [0.1, 0.15) is 0 Å². The van der Waals surface area contributed by atoms with Gasteiger partial charge in [0.25, 0.3) is 0 Å². The number of aliphatic hydroxyl groups excluding tert-OH is 1. The lowest BCUT2D eigenvalue weighted by atomic mass is 10.0. The number of carbonyl (C=O) groups excluding carboxylic acids is 1. The number of carbonyl (C=O) groups is 1. The monoisotopic (exact) mass is 544 g/mol. The molecule has 2 amide bonds. The maximum Gasteiger partial charge on any atom is 0.319 e. The van der Waals surface area contributed by atoms with E-state index in [1.54, 1.807) is 18.0 Å². The minimum atomic E-state index is -0.609. The Morgan fingerprint density at radius 1 is 1.03 bits per heavy atom. The van der Waals surface area contributed by atoms with Gasteiger partial charge in [-0.3, -0.25) is 0 Å². The molecular weight excluding hydrogens is 512 g/mol. The van der Waals surface area contributed by atoms with Crippen LogP contribution >= 0.6 is 11.8 Å². The number of aryl methyl sites for hydroxylation is 1. The molecule has 202 valence electrons. The molecule has 0 saturated carbocycles. The summed E-state index contributed by atoms with van der Waals surface area (Å²) >= 11 is 1.65. The van der Waals surface area contributed by atoms with Crippen LogP contribution in [-0.2, 0) is 29.7 Å². The van der Waals surface area contributed by atoms with Gasteiger partial charge < -0.3 is 29.8 Å². The van der Waals surface area contributed by atoms with Crippen molar-refractivity contribution >= 4 is 23.5 Å². The van der Waals surface area contributed by atoms with Crippen LogP contribution in [0.25, 0.3) is 0 Å². The normalized spacial score (nSPS) is 19.0. The van der Waals surface area contributed by atoms with Crippen molar-refractivity contribution < 1.29 is 19.4 Å². The maximum absolute atomic E-state index is 12.5. The van der Waals surface area contributed by atoms with Gasteiger partial charge in [0, 0.05) is 49.4 Å². The summed E-state index contributed by atoms with van der Waals surface area (Å²) in [6, 6.07) is 24.9. The summed E-state index contributed by atoms with van der Waals surface area (Å²) in [5.41, 5.74) is 4.38. The lowest BCUT2D eigenvalue weighted by molar-refractivity contribution is -0.245. The number of aliphatic hydroxyl groups is 1. The number of thioether (sulfide) groups is 1. The van der Waals surface area contributed by atoms with Crippen LogP contribution in [0.1, 0.15) is 41.1 Å². The first-order chi connectivity index (χ1) is 19.1. The zero-order valence-corrected chi connectivity index (χ0v) is 22.5. The highest BCUT2D eigenvalue weighted by Crippen LogP contribution is 2.39. The molecule has 1 aromatic heterocycles. The SMILES string of the molecule is Cn1ccnc1SCC1CC(c2ccc(CO)cc2)OC(c2cccc(NC(=O)NCc3ccccc3)c2)O1. The van der Waals surface area contributed by atoms with Gasteiger partial charge in [-0.2, -0.15) is 0 Å². The number of rotatable bonds is 9. The summed E-state index contributed by atoms with van der Waals surface area (Å²) in [6.07, 6.45) is 3.52. The number of anilines is 1. The molecule has 3 N–H and O–H groups in total. The lowest BCUT2D eigenvalue weighted by Gasteiger charge is -2.36. The Morgan fingerprint density at radius 2 is 1.85 bits per heavy atom. The van der Waals surface area contributed by atoms with E-state index in [1.807, 2.05) is 96.7 Å². The van der Waals surface area contributed by atoms with E-state index in [1.165, 1.54) is 0 Å². The van der Waals surface area contributed by atoms with Crippen LogP contribution in [0.4, 0.5) is 10.5 Å². The first-order valence-electron chi connectivity index (χ1n) is 12.9. The second-order valence-corrected chi connectivity index (χ2v) is 10.4. The van der Waals surface area contributed by atoms with Gasteiger partial charge in [0.15, 0.2) is 11.4 Å². The fourth-order valence-corrected chi connectivity index (χ4v) is 5.35. The van der Waals surface area contributed by atoms with Crippen LogP contribution < -0.4 is 10.6 Å². The molecule has 39 heavy (non-hydrogen) atoms. The number of ether oxygens (including phenoxy) is 2. The number of amides is 2. The van der Waals surface area contributed by atoms with Crippen molar-refractivity contribution in [3.63, 3.8) is 0 Å². The average molecular weight is 545 g/mol. The van der Waals surface area contributed by atoms with E-state index in [4.69, 9.17) is 9.47 Å². The predicted octanol–water partition coefficient (Wildman–Crippen LogP) is 5.57. The molecule has 0 spiro atoms. The minimum Gasteiger partial charge on any atom is -0.392 e. The zero-order chi connectivity index (χ0) is 27.0. The van der Waals surface area contributed by atoms with Crippen LogP contribution in [0, 0.1) is 0 Å². The summed E-state index contributed by atoms with van der Waals surface area (Å²) in [7, 11) is 1.98. The number of urea groups is 1. The van der Waals surface area contributed by atoms with Crippen LogP contribution in [0.5, 0.6) is 0 Å². The van der Waals surface area contributed by atoms with E-state index in [-0.39, 0.29) is 24.8 Å². The molecule has 9 heteroatoms. The number of imidazole rings is 1. The second-order valence-electron chi connectivity index (χ2n) is 9.40. The number of nitrogens with zero attached hydrogens (tertiary/aromatic N) is 2. The van der Waals surface area contributed by atoms with Crippen LogP contribution in [-0.4, -0.2) is 32.5 Å². The van der Waals surface area contributed by atoms with E-state index in [0.29, 0.717) is 18.7 Å². The Kier molecular flexibility index (Phi) is 8.95. The topological polar surface area (TPSA) is 97.6 Å². The largest absolute Gasteiger partial charge is 0.392 e. The van der Waals surface area contributed by atoms with Crippen molar-refractivity contribution in [3.05, 3.63) is 114 Å². The van der Waals surface area contributed by atoms with Crippen molar-refractivity contribution in [1.82, 2.24) is 14.9 Å². The molecule has 2 heterocycles. The second kappa shape index (κ2) is 12.9. The standard InChI is InChI=1S/C30H32N4O4S/c1-34-15-14-31-30(34)39-20-26-17-27(23-12-10-22(19-35)11-13-23)38-28(37-26)24-8-5-9-25(16-24)33-29(36)32-18-21-6-3-2-4-7-21/h2-16,26-28,35H,17-20H2,1H3,(H2,32,33,36). The molecule has 1 saturated heterocycles. The fraction of sp³-hybridized carbons (Fsp3) is 0.267. The van der Waals surface area contributed by atoms with Gasteiger partial charge >= 0.3 is 6.03 Å². The lowest BCUT2D eigenvalue weighted by Crippen LogP contribution is -2.31. The molecule has 0 bridgehead atoms. The summed E-state index contributed by atoms with van der Waals surface area (Å²) in [6.45, 7) is 0.437. The highest BCUT2D eigenvalue weighted by atomic mass is 32.2. The minimum absolute atomic E-state index is 0.000806. The van der Waals surface area contributed by atoms with E-state index in [9.17, 15) is 9.90 Å². The number of hydrogen-bond acceptors (Lipinski definition) is 6. The van der Waals surface area contributed by atoms with Gasteiger partial charge in [-0.15, -0.1) is 0 Å². The van der Waals surface area contributed by atoms with Crippen molar-refractivity contribution in [2.24, 2.45) is 7.05 Å². The fourth-order valence-electron chi connectivity index (χ4n) is 4.40. The molecule has 1 aliphatic rings. The van der Waals surface area contributed by atoms with E-state index >= 15 is 0 Å². The maximum atomic E-state index is 12.5. The van der Waals surface area contributed by atoms with Crippen molar-refractivity contribution in [2.75, 3.05) is 11.1 Å². The molecule has 8 nitrogen and oxygen atoms in total. The van der Waals surface area contributed by atoms with E-state index in [0.717, 1.165) is 33.2 Å². The van der Waals surface area contributed by atoms with Crippen LogP contribution in [0.3, 0.4) is 0 Å². The molecule has 0 aliphatic carbocycles. The van der Waals surface area contributed by atoms with E-state index < -0.39 is 6.29 Å². The Balaban J connectivity index is 1.29. The molecule has 3 atom stereocenters. The quantitative estimate of drug-likeness (QED) is 0.238. The van der Waals surface area contributed by atoms with Gasteiger partial charge in [-0.05, 0) is 28.8 Å². The van der Waals surface area contributed by atoms with Gasteiger partial charge in [0.2, 0.25) is 0 Å². The summed E-state index contributed by atoms with van der Waals surface area (Å²) in [5, 5.41) is 16.2. The molecule has 4 aromatic rings. The van der Waals surface area contributed by atoms with Gasteiger partial charge in [0.05, 0.1) is 18.8 Å². The summed E-state index contributed by atoms with van der Waals surface area (Å²) < 4.78 is 14.9. The third kappa shape index (κ3) is 7.27. The number of benzene rings is 3. The van der Waals surface area contributed by atoms with Crippen molar-refractivity contribution in [2.45, 2.75) is 43.2 Å². The smallest absolute Gasteiger partial charge is 0.319 e. The van der Waals surface area contributed by atoms with Gasteiger partial charge in [-0.25, -0.2) is 9.78 Å². The molecule has 1 aliphatic heterocycles. The molecule has 1 fully saturated rings. The molecule has 3 aromatic carbocycles. The third-order valence-corrected chi connectivity index (χ3v) is 7.69. The van der Waals surface area contributed by atoms with Gasteiger partial charge in [-0.1, -0.05) is 78.5 Å². The zero-order valence-electron chi connectivity index (χ0n) is 21.7. The Hall–Kier alpha value is -3.63. The Bertz CT molecular complexity index is 1360. The highest BCUT2D eigenvalue weighted by molar-refractivity contribution is 7.99. The Labute approximate surface area is 232 Å². The third-order valence-electron chi connectivity index (χ3n) is 6.50. The number of nitrogens with one attached hydrogen (secondary N) is 2. The molecular formula is C30H32N4O4S. The molecule has 3 unspecified atom stereocenters. The highest BCUT2D eigenvalue weighted by Gasteiger charge is 2.32. The van der Waals surface area contributed by atoms with Crippen LogP contribution in [0.15, 0.2) is 96.4 Å². The summed E-state index contributed by atoms with van der Waals surface area (Å²) in [4.78, 5) is 16.9. The number of aromatic nitrogens is 2. The predicted molar refractivity (Wildman–Crippen MR) is 151 cm³/mol. The summed E-state index contributed by atoms with van der Waals surface area (Å²) in [5.74, 6) is 0.718. The van der Waals surface area contributed by atoms with Crippen LogP contribution in [0.2, 0.25) is 0 Å². The van der Waals surface area contributed by atoms with Crippen molar-refractivity contribution in [3.8, 4) is 0 Å². The first-order valence-corrected chi connectivity index (χ1v) is 13.9. The Morgan fingerprint density at radius 3 is 2.59 bits per heavy atom.